The molecular formula is C4H10ClMgN3NaO6P. The molecule has 0 saturated heterocycles. The molecule has 0 unspecified atom stereocenters. The van der Waals surface area contributed by atoms with E-state index in [0.29, 0.717) is 0 Å². The first-order valence-corrected chi connectivity index (χ1v) is 4.55. The van der Waals surface area contributed by atoms with E-state index >= 15 is 0 Å². The summed E-state index contributed by atoms with van der Waals surface area (Å²) in [5.74, 6) is -1.23. The van der Waals surface area contributed by atoms with Crippen LogP contribution in [0.25, 0.3) is 0 Å². The molecule has 0 aliphatic rings. The van der Waals surface area contributed by atoms with E-state index in [-0.39, 0.29) is 77.5 Å². The van der Waals surface area contributed by atoms with Gasteiger partial charge in [0.15, 0.2) is 5.96 Å². The number of nitrogens with zero attached hydrogens (tertiary/aromatic N) is 1. The molecule has 0 aromatic heterocycles. The molecule has 0 bridgehead atoms. The Morgan fingerprint density at radius 3 is 1.82 bits per heavy atom. The SMILES string of the molecule is CN(CC(=O)O)C(=N)N.O=P([O-])([O-])O.[Cl-].[Mg+2].[Na+]. The number of hydrogen-bond acceptors (Lipinski definition) is 5. The van der Waals surface area contributed by atoms with Crippen LogP contribution < -0.4 is 57.5 Å². The Bertz CT molecular complexity index is 257. The number of nitrogens with one attached hydrogen (secondary N) is 1. The van der Waals surface area contributed by atoms with Crippen molar-refractivity contribution in [3.63, 3.8) is 0 Å². The predicted octanol–water partition coefficient (Wildman–Crippen LogP) is -9.67. The van der Waals surface area contributed by atoms with Gasteiger partial charge in [-0.05, 0) is 0 Å². The van der Waals surface area contributed by atoms with E-state index in [4.69, 9.17) is 35.5 Å². The van der Waals surface area contributed by atoms with Crippen LogP contribution in [0.5, 0.6) is 0 Å². The standard InChI is InChI=1S/C4H9N3O2.ClH.Mg.Na.H3O4P/c1-7(4(5)6)2-3(8)9;;;;1-5(2,3)4/h2H2,1H3,(H3,5,6)(H,8,9);1H;;;(H3,1,2,3,4)/q;;+2;+1;/p-3. The van der Waals surface area contributed by atoms with Crippen LogP contribution in [0.2, 0.25) is 0 Å². The minimum absolute atomic E-state index is 0. The monoisotopic (exact) mass is 309 g/mol. The van der Waals surface area contributed by atoms with Gasteiger partial charge < -0.3 is 47.4 Å². The van der Waals surface area contributed by atoms with Crippen LogP contribution >= 0.6 is 7.82 Å². The first kappa shape index (κ1) is 30.7. The molecule has 9 nitrogen and oxygen atoms in total. The number of phosphoric acid groups is 1. The van der Waals surface area contributed by atoms with E-state index in [1.807, 2.05) is 0 Å². The van der Waals surface area contributed by atoms with Crippen molar-refractivity contribution in [3.8, 4) is 0 Å². The van der Waals surface area contributed by atoms with E-state index in [1.54, 1.807) is 0 Å². The maximum absolute atomic E-state index is 9.92. The summed E-state index contributed by atoms with van der Waals surface area (Å²) in [6.07, 6.45) is 0. The van der Waals surface area contributed by atoms with Crippen molar-refractivity contribution in [2.45, 2.75) is 0 Å². The first-order valence-electron chi connectivity index (χ1n) is 3.05. The molecule has 0 aromatic carbocycles. The fourth-order valence-electron chi connectivity index (χ4n) is 0.288. The third-order valence-corrected chi connectivity index (χ3v) is 0.784. The normalized spacial score (nSPS) is 8.00. The summed E-state index contributed by atoms with van der Waals surface area (Å²) >= 11 is 0. The van der Waals surface area contributed by atoms with Gasteiger partial charge in [-0.1, -0.05) is 0 Å². The van der Waals surface area contributed by atoms with Crippen molar-refractivity contribution in [2.24, 2.45) is 5.73 Å². The second-order valence-corrected chi connectivity index (χ2v) is 3.04. The van der Waals surface area contributed by atoms with Crippen LogP contribution in [0, 0.1) is 5.41 Å². The molecule has 0 atom stereocenters. The van der Waals surface area contributed by atoms with Gasteiger partial charge in [-0.3, -0.25) is 10.2 Å². The molecule has 0 radical (unpaired) electrons. The van der Waals surface area contributed by atoms with Crippen molar-refractivity contribution in [1.29, 1.82) is 5.41 Å². The number of rotatable bonds is 2. The Hall–Kier alpha value is 0.906. The molecular weight excluding hydrogens is 300 g/mol. The molecule has 0 aliphatic heterocycles. The number of hydrogen-bond donors (Lipinski definition) is 4. The zero-order valence-corrected chi connectivity index (χ0v) is 14.4. The fraction of sp³-hybridized carbons (Fsp3) is 0.500. The molecule has 0 aromatic rings. The van der Waals surface area contributed by atoms with Crippen molar-refractivity contribution in [3.05, 3.63) is 0 Å². The topological polar surface area (TPSA) is 174 Å². The average molecular weight is 310 g/mol. The third kappa shape index (κ3) is 47.4. The summed E-state index contributed by atoms with van der Waals surface area (Å²) in [6.45, 7) is -0.227. The smallest absolute Gasteiger partial charge is 1.00 e. The summed E-state index contributed by atoms with van der Waals surface area (Å²) in [6, 6.07) is 0. The maximum atomic E-state index is 9.92. The van der Waals surface area contributed by atoms with Crippen molar-refractivity contribution in [2.75, 3.05) is 13.6 Å². The van der Waals surface area contributed by atoms with Gasteiger partial charge in [0.25, 0.3) is 0 Å². The maximum Gasteiger partial charge on any atom is 2.00 e. The molecule has 0 fully saturated rings. The van der Waals surface area contributed by atoms with E-state index in [9.17, 15) is 4.79 Å². The third-order valence-electron chi connectivity index (χ3n) is 0.784. The Kier molecular flexibility index (Phi) is 27.0. The van der Waals surface area contributed by atoms with Crippen molar-refractivity contribution >= 4 is 42.8 Å². The summed E-state index contributed by atoms with van der Waals surface area (Å²) in [5, 5.41) is 14.9. The number of carboxylic acids is 1. The van der Waals surface area contributed by atoms with Crippen LogP contribution in [-0.2, 0) is 9.36 Å². The van der Waals surface area contributed by atoms with Gasteiger partial charge in [0.05, 0.1) is 7.82 Å². The number of guanidine groups is 1. The zero-order valence-electron chi connectivity index (χ0n) is 9.29. The number of halogens is 1. The number of likely N-dealkylation sites (N-methyl/N-ethyl adjacent to an activating group) is 1. The number of carboxylic acid groups (broad SMARTS) is 1. The molecule has 0 saturated carbocycles. The Labute approximate surface area is 142 Å². The summed E-state index contributed by atoms with van der Waals surface area (Å²) < 4.78 is 8.66. The summed E-state index contributed by atoms with van der Waals surface area (Å²) in [4.78, 5) is 35.3. The molecule has 0 amide bonds. The fourth-order valence-corrected chi connectivity index (χ4v) is 0.288. The molecule has 0 spiro atoms. The van der Waals surface area contributed by atoms with E-state index in [2.05, 4.69) is 0 Å². The Morgan fingerprint density at radius 1 is 1.53 bits per heavy atom. The summed E-state index contributed by atoms with van der Waals surface area (Å²) in [7, 11) is -3.70. The molecule has 0 aliphatic carbocycles. The molecule has 5 N–H and O–H groups in total. The van der Waals surface area contributed by atoms with Gasteiger partial charge in [-0.2, -0.15) is 0 Å². The zero-order chi connectivity index (χ0) is 11.9. The van der Waals surface area contributed by atoms with E-state index in [1.165, 1.54) is 7.05 Å². The first-order chi connectivity index (χ1) is 6.04. The van der Waals surface area contributed by atoms with Gasteiger partial charge in [-0.15, -0.1) is 0 Å². The minimum Gasteiger partial charge on any atom is -1.00 e. The average Bonchev–Trinajstić information content (AvgIpc) is 1.80. The minimum atomic E-state index is -5.14. The van der Waals surface area contributed by atoms with Crippen LogP contribution in [0.15, 0.2) is 0 Å². The van der Waals surface area contributed by atoms with Gasteiger partial charge in [-0.25, -0.2) is 0 Å². The van der Waals surface area contributed by atoms with Gasteiger partial charge in [0.2, 0.25) is 0 Å². The Morgan fingerprint density at radius 2 is 1.76 bits per heavy atom. The second-order valence-electron chi connectivity index (χ2n) is 2.10. The molecule has 0 rings (SSSR count). The van der Waals surface area contributed by atoms with Gasteiger partial charge in [0, 0.05) is 7.05 Å². The van der Waals surface area contributed by atoms with Gasteiger partial charge in [0.1, 0.15) is 6.54 Å². The van der Waals surface area contributed by atoms with E-state index < -0.39 is 13.8 Å². The quantitative estimate of drug-likeness (QED) is 0.168. The van der Waals surface area contributed by atoms with Crippen LogP contribution in [0.4, 0.5) is 0 Å². The number of carbonyl (C=O) groups is 1. The molecule has 92 valence electrons. The Balaban J connectivity index is -0.0000000533. The van der Waals surface area contributed by atoms with Crippen LogP contribution in [0.1, 0.15) is 0 Å². The molecule has 17 heavy (non-hydrogen) atoms. The second kappa shape index (κ2) is 15.0. The number of aliphatic carboxylic acids is 1. The van der Waals surface area contributed by atoms with Crippen LogP contribution in [-0.4, -0.2) is 63.5 Å². The summed E-state index contributed by atoms with van der Waals surface area (Å²) in [5.41, 5.74) is 4.93. The van der Waals surface area contributed by atoms with Crippen molar-refractivity contribution in [1.82, 2.24) is 4.90 Å². The predicted molar refractivity (Wildman–Crippen MR) is 47.8 cm³/mol. The number of nitrogens with two attached hydrogens (primary N) is 1. The molecule has 13 heteroatoms. The van der Waals surface area contributed by atoms with Gasteiger partial charge >= 0.3 is 58.6 Å². The molecule has 0 heterocycles. The van der Waals surface area contributed by atoms with Crippen molar-refractivity contribution < 1.29 is 71.1 Å². The van der Waals surface area contributed by atoms with E-state index in [0.717, 1.165) is 4.90 Å². The van der Waals surface area contributed by atoms with Crippen LogP contribution in [0.3, 0.4) is 0 Å². The largest absolute Gasteiger partial charge is 2.00 e.